The Morgan fingerprint density at radius 3 is 2.52 bits per heavy atom. The summed E-state index contributed by atoms with van der Waals surface area (Å²) in [7, 11) is 0. The van der Waals surface area contributed by atoms with E-state index in [0.717, 1.165) is 5.56 Å². The number of fused-ring (bicyclic) bond motifs is 2. The summed E-state index contributed by atoms with van der Waals surface area (Å²) in [5.41, 5.74) is 2.55. The largest absolute Gasteiger partial charge is 0.489 e. The first-order valence-electron chi connectivity index (χ1n) is 14.2. The first-order valence-corrected chi connectivity index (χ1v) is 14.2. The second-order valence-electron chi connectivity index (χ2n) is 11.1. The summed E-state index contributed by atoms with van der Waals surface area (Å²) < 4.78 is 53.1. The van der Waals surface area contributed by atoms with Crippen LogP contribution in [0.15, 0.2) is 91.0 Å². The lowest BCUT2D eigenvalue weighted by molar-refractivity contribution is -0.125. The van der Waals surface area contributed by atoms with E-state index in [-0.39, 0.29) is 18.8 Å². The molecule has 8 nitrogen and oxygen atoms in total. The van der Waals surface area contributed by atoms with E-state index in [1.54, 1.807) is 36.4 Å². The van der Waals surface area contributed by atoms with Crippen LogP contribution in [0.3, 0.4) is 0 Å². The van der Waals surface area contributed by atoms with E-state index in [4.69, 9.17) is 18.9 Å². The quantitative estimate of drug-likeness (QED) is 0.241. The molecular formula is C34H27F2NO7. The van der Waals surface area contributed by atoms with Gasteiger partial charge in [0.15, 0.2) is 11.5 Å². The van der Waals surface area contributed by atoms with Gasteiger partial charge in [-0.05, 0) is 53.1 Å². The molecule has 1 aliphatic carbocycles. The van der Waals surface area contributed by atoms with Crippen molar-refractivity contribution in [1.82, 2.24) is 5.32 Å². The van der Waals surface area contributed by atoms with Crippen molar-refractivity contribution in [2.24, 2.45) is 5.92 Å². The molecule has 2 unspecified atom stereocenters. The Morgan fingerprint density at radius 1 is 0.886 bits per heavy atom. The predicted molar refractivity (Wildman–Crippen MR) is 153 cm³/mol. The molecule has 44 heavy (non-hydrogen) atoms. The van der Waals surface area contributed by atoms with Crippen LogP contribution in [-0.2, 0) is 11.4 Å². The average molecular weight is 600 g/mol. The molecule has 3 aliphatic rings. The number of rotatable bonds is 8. The molecule has 0 spiro atoms. The average Bonchev–Trinajstić information content (AvgIpc) is 3.34. The van der Waals surface area contributed by atoms with E-state index in [1.807, 2.05) is 30.3 Å². The fourth-order valence-corrected chi connectivity index (χ4v) is 5.93. The molecule has 10 heteroatoms. The molecule has 2 heterocycles. The van der Waals surface area contributed by atoms with Gasteiger partial charge in [-0.25, -0.2) is 13.6 Å². The zero-order valence-electron chi connectivity index (χ0n) is 23.2. The third-order valence-electron chi connectivity index (χ3n) is 8.24. The maximum absolute atomic E-state index is 15.1. The number of nitrogens with one attached hydrogen (secondary N) is 1. The third kappa shape index (κ3) is 5.16. The number of hydrogen-bond donors (Lipinski definition) is 2. The number of carboxylic acids is 1. The van der Waals surface area contributed by atoms with E-state index in [2.05, 4.69) is 5.32 Å². The molecule has 4 atom stereocenters. The van der Waals surface area contributed by atoms with Crippen LogP contribution in [0.1, 0.15) is 57.1 Å². The van der Waals surface area contributed by atoms with Crippen molar-refractivity contribution in [2.75, 3.05) is 6.79 Å². The van der Waals surface area contributed by atoms with Gasteiger partial charge in [-0.15, -0.1) is 0 Å². The second-order valence-corrected chi connectivity index (χ2v) is 11.1. The maximum atomic E-state index is 15.1. The number of hydrogen-bond acceptors (Lipinski definition) is 6. The SMILES string of the molecule is O=C(O)c1cccc([C@H]2C[C@@H](NC(=O)C3C(c4ccc5c(c4)OCO5)C3(F)F)c3ccc(OCc4ccccc4)cc3O2)c1. The molecule has 0 saturated heterocycles. The van der Waals surface area contributed by atoms with Gasteiger partial charge < -0.3 is 29.4 Å². The molecule has 4 aromatic carbocycles. The summed E-state index contributed by atoms with van der Waals surface area (Å²) in [6.07, 6.45) is -0.445. The highest BCUT2D eigenvalue weighted by atomic mass is 19.3. The summed E-state index contributed by atoms with van der Waals surface area (Å²) in [5, 5.41) is 12.4. The van der Waals surface area contributed by atoms with Gasteiger partial charge in [0, 0.05) is 18.1 Å². The first kappa shape index (κ1) is 27.7. The zero-order valence-corrected chi connectivity index (χ0v) is 23.2. The van der Waals surface area contributed by atoms with Crippen LogP contribution < -0.4 is 24.3 Å². The van der Waals surface area contributed by atoms with Crippen molar-refractivity contribution in [3.05, 3.63) is 119 Å². The molecular weight excluding hydrogens is 572 g/mol. The topological polar surface area (TPSA) is 103 Å². The molecule has 7 rings (SSSR count). The number of carbonyl (C=O) groups excluding carboxylic acids is 1. The summed E-state index contributed by atoms with van der Waals surface area (Å²) in [5.74, 6) is -6.18. The summed E-state index contributed by atoms with van der Waals surface area (Å²) in [4.78, 5) is 25.1. The maximum Gasteiger partial charge on any atom is 0.335 e. The summed E-state index contributed by atoms with van der Waals surface area (Å²) in [6, 6.07) is 25.1. The number of carbonyl (C=O) groups is 2. The molecule has 0 bridgehead atoms. The Hall–Kier alpha value is -5.12. The standard InChI is InChI=1S/C34H27F2NO7/c35-34(36)30(21-9-12-26-29(14-21)43-18-42-26)31(34)32(38)37-25-16-27(20-7-4-8-22(13-20)33(39)40)44-28-15-23(10-11-24(25)28)41-17-19-5-2-1-3-6-19/h1-15,25,27,30-31H,16-18H2,(H,37,38)(H,39,40)/t25-,27-,30?,31?/m1/s1. The smallest absolute Gasteiger partial charge is 0.335 e. The first-order chi connectivity index (χ1) is 21.3. The van der Waals surface area contributed by atoms with Crippen molar-refractivity contribution in [2.45, 2.75) is 37.0 Å². The number of aromatic carboxylic acids is 1. The van der Waals surface area contributed by atoms with Crippen LogP contribution in [0.5, 0.6) is 23.0 Å². The minimum Gasteiger partial charge on any atom is -0.489 e. The van der Waals surface area contributed by atoms with Gasteiger partial charge in [-0.3, -0.25) is 4.79 Å². The number of amides is 1. The lowest BCUT2D eigenvalue weighted by Crippen LogP contribution is -2.35. The molecule has 1 saturated carbocycles. The Labute approximate surface area is 251 Å². The van der Waals surface area contributed by atoms with Gasteiger partial charge in [-0.1, -0.05) is 48.5 Å². The molecule has 2 N–H and O–H groups in total. The molecule has 0 radical (unpaired) electrons. The number of carboxylic acid groups (broad SMARTS) is 1. The highest BCUT2D eigenvalue weighted by molar-refractivity contribution is 5.88. The Bertz CT molecular complexity index is 1750. The molecule has 224 valence electrons. The highest BCUT2D eigenvalue weighted by Crippen LogP contribution is 2.62. The number of alkyl halides is 2. The van der Waals surface area contributed by atoms with Crippen molar-refractivity contribution in [3.8, 4) is 23.0 Å². The van der Waals surface area contributed by atoms with E-state index in [1.165, 1.54) is 24.3 Å². The van der Waals surface area contributed by atoms with E-state index >= 15 is 8.78 Å². The van der Waals surface area contributed by atoms with Crippen LogP contribution in [0.25, 0.3) is 0 Å². The molecule has 0 aromatic heterocycles. The van der Waals surface area contributed by atoms with Gasteiger partial charge >= 0.3 is 5.97 Å². The minimum absolute atomic E-state index is 0.0163. The van der Waals surface area contributed by atoms with Crippen molar-refractivity contribution in [3.63, 3.8) is 0 Å². The van der Waals surface area contributed by atoms with Crippen LogP contribution >= 0.6 is 0 Å². The van der Waals surface area contributed by atoms with Gasteiger partial charge in [0.2, 0.25) is 12.7 Å². The van der Waals surface area contributed by atoms with E-state index < -0.39 is 41.8 Å². The summed E-state index contributed by atoms with van der Waals surface area (Å²) in [6.45, 7) is 0.338. The lowest BCUT2D eigenvalue weighted by atomic mass is 9.92. The van der Waals surface area contributed by atoms with Crippen molar-refractivity contribution >= 4 is 11.9 Å². The van der Waals surface area contributed by atoms with E-state index in [0.29, 0.717) is 46.3 Å². The monoisotopic (exact) mass is 599 g/mol. The van der Waals surface area contributed by atoms with Gasteiger partial charge in [0.25, 0.3) is 5.92 Å². The molecule has 1 fully saturated rings. The van der Waals surface area contributed by atoms with Gasteiger partial charge in [0.05, 0.1) is 17.5 Å². The number of ether oxygens (including phenoxy) is 4. The number of halogens is 2. The van der Waals surface area contributed by atoms with Crippen LogP contribution in [0.2, 0.25) is 0 Å². The fourth-order valence-electron chi connectivity index (χ4n) is 5.93. The second kappa shape index (κ2) is 10.9. The van der Waals surface area contributed by atoms with Crippen LogP contribution in [-0.4, -0.2) is 29.7 Å². The Morgan fingerprint density at radius 2 is 1.70 bits per heavy atom. The fraction of sp³-hybridized carbons (Fsp3) is 0.235. The summed E-state index contributed by atoms with van der Waals surface area (Å²) >= 11 is 0. The lowest BCUT2D eigenvalue weighted by Gasteiger charge is -2.33. The van der Waals surface area contributed by atoms with Crippen molar-refractivity contribution in [1.29, 1.82) is 0 Å². The van der Waals surface area contributed by atoms with Gasteiger partial charge in [-0.2, -0.15) is 0 Å². The third-order valence-corrected chi connectivity index (χ3v) is 8.24. The van der Waals surface area contributed by atoms with Crippen molar-refractivity contribution < 1.29 is 42.4 Å². The molecule has 4 aromatic rings. The van der Waals surface area contributed by atoms with Crippen LogP contribution in [0.4, 0.5) is 8.78 Å². The Kier molecular flexibility index (Phi) is 6.84. The van der Waals surface area contributed by atoms with E-state index in [9.17, 15) is 14.7 Å². The predicted octanol–water partition coefficient (Wildman–Crippen LogP) is 6.42. The van der Waals surface area contributed by atoms with Gasteiger partial charge in [0.1, 0.15) is 30.1 Å². The minimum atomic E-state index is -3.24. The zero-order chi connectivity index (χ0) is 30.4. The normalized spacial score (nSPS) is 22.3. The molecule has 1 amide bonds. The highest BCUT2D eigenvalue weighted by Gasteiger charge is 2.72. The van der Waals surface area contributed by atoms with Crippen LogP contribution in [0, 0.1) is 5.92 Å². The molecule has 2 aliphatic heterocycles. The number of benzene rings is 4. The Balaban J connectivity index is 1.15.